The maximum atomic E-state index is 12.4. The number of thioether (sulfide) groups is 1. The monoisotopic (exact) mass is 463 g/mol. The second-order valence-corrected chi connectivity index (χ2v) is 8.48. The van der Waals surface area contributed by atoms with Crippen LogP contribution in [0.5, 0.6) is 17.2 Å². The fraction of sp³-hybridized carbons (Fsp3) is 0.240. The highest BCUT2D eigenvalue weighted by Gasteiger charge is 2.31. The quantitative estimate of drug-likeness (QED) is 0.441. The minimum absolute atomic E-state index is 0.106. The molecule has 0 saturated heterocycles. The average Bonchev–Trinajstić information content (AvgIpc) is 3.26. The van der Waals surface area contributed by atoms with E-state index < -0.39 is 5.91 Å². The first-order valence-electron chi connectivity index (χ1n) is 10.5. The van der Waals surface area contributed by atoms with Crippen LogP contribution >= 0.6 is 11.8 Å². The molecule has 4 rings (SSSR count). The smallest absolute Gasteiger partial charge is 0.283 e. The van der Waals surface area contributed by atoms with Gasteiger partial charge in [0, 0.05) is 12.6 Å². The summed E-state index contributed by atoms with van der Waals surface area (Å²) in [6, 6.07) is 11.5. The van der Waals surface area contributed by atoms with E-state index in [1.165, 1.54) is 17.3 Å². The highest BCUT2D eigenvalue weighted by Crippen LogP contribution is 2.31. The Morgan fingerprint density at radius 3 is 2.58 bits per heavy atom. The van der Waals surface area contributed by atoms with Gasteiger partial charge in [0.25, 0.3) is 5.91 Å². The van der Waals surface area contributed by atoms with Crippen LogP contribution in [0.25, 0.3) is 6.08 Å². The molecule has 8 heteroatoms. The van der Waals surface area contributed by atoms with E-state index in [1.54, 1.807) is 41.8 Å². The van der Waals surface area contributed by atoms with Crippen LogP contribution in [-0.2, 0) is 4.79 Å². The summed E-state index contributed by atoms with van der Waals surface area (Å²) in [6.45, 7) is 5.12. The predicted molar refractivity (Wildman–Crippen MR) is 131 cm³/mol. The third-order valence-corrected chi connectivity index (χ3v) is 5.90. The minimum atomic E-state index is -0.425. The summed E-state index contributed by atoms with van der Waals surface area (Å²) in [5, 5.41) is 10.6. The Balaban J connectivity index is 1.37. The van der Waals surface area contributed by atoms with Crippen LogP contribution in [0, 0.1) is 19.3 Å². The van der Waals surface area contributed by atoms with Gasteiger partial charge in [0.05, 0.1) is 25.9 Å². The Morgan fingerprint density at radius 2 is 1.82 bits per heavy atom. The van der Waals surface area contributed by atoms with Gasteiger partial charge in [-0.3, -0.25) is 15.1 Å². The van der Waals surface area contributed by atoms with Crippen LogP contribution in [-0.4, -0.2) is 42.1 Å². The van der Waals surface area contributed by atoms with Gasteiger partial charge in [-0.25, -0.2) is 0 Å². The molecule has 0 radical (unpaired) electrons. The van der Waals surface area contributed by atoms with Gasteiger partial charge in [-0.1, -0.05) is 35.5 Å². The van der Waals surface area contributed by atoms with Crippen molar-refractivity contribution in [2.45, 2.75) is 20.3 Å². The van der Waals surface area contributed by atoms with Gasteiger partial charge in [0.15, 0.2) is 16.7 Å². The fourth-order valence-electron chi connectivity index (χ4n) is 3.48. The average molecular weight is 464 g/mol. The van der Waals surface area contributed by atoms with Crippen molar-refractivity contribution in [1.29, 1.82) is 5.41 Å². The van der Waals surface area contributed by atoms with E-state index in [9.17, 15) is 4.79 Å². The van der Waals surface area contributed by atoms with Crippen molar-refractivity contribution in [2.75, 3.05) is 20.3 Å². The minimum Gasteiger partial charge on any atom is -0.493 e. The number of rotatable bonds is 8. The fourth-order valence-corrected chi connectivity index (χ4v) is 4.18. The highest BCUT2D eigenvalue weighted by atomic mass is 32.2. The SMILES string of the molecule is COc1cc(/C=C2/C(=N)N3C=CSC3=NC2=O)ccc1OCCCOc1ccc(C)cc1C. The molecule has 0 aliphatic carbocycles. The number of hydrogen-bond donors (Lipinski definition) is 1. The number of nitrogens with zero attached hydrogens (tertiary/aromatic N) is 2. The number of aliphatic imine (C=N–C) groups is 1. The second kappa shape index (κ2) is 9.95. The number of hydrogen-bond acceptors (Lipinski definition) is 6. The molecule has 2 aliphatic heterocycles. The molecular formula is C25H25N3O4S. The molecule has 0 aromatic heterocycles. The van der Waals surface area contributed by atoms with E-state index in [2.05, 4.69) is 18.0 Å². The molecule has 33 heavy (non-hydrogen) atoms. The van der Waals surface area contributed by atoms with E-state index in [0.717, 1.165) is 23.3 Å². The molecule has 0 bridgehead atoms. The molecule has 0 spiro atoms. The maximum Gasteiger partial charge on any atom is 0.283 e. The number of nitrogens with one attached hydrogen (secondary N) is 1. The molecule has 7 nitrogen and oxygen atoms in total. The molecule has 1 amide bonds. The lowest BCUT2D eigenvalue weighted by Gasteiger charge is -2.22. The number of benzene rings is 2. The lowest BCUT2D eigenvalue weighted by molar-refractivity contribution is -0.114. The van der Waals surface area contributed by atoms with E-state index in [4.69, 9.17) is 19.6 Å². The third-order valence-electron chi connectivity index (χ3n) is 5.15. The van der Waals surface area contributed by atoms with Crippen LogP contribution in [0.4, 0.5) is 0 Å². The van der Waals surface area contributed by atoms with E-state index in [0.29, 0.717) is 29.9 Å². The molecule has 0 saturated carbocycles. The summed E-state index contributed by atoms with van der Waals surface area (Å²) in [6.07, 6.45) is 4.09. The summed E-state index contributed by atoms with van der Waals surface area (Å²) in [7, 11) is 1.57. The Morgan fingerprint density at radius 1 is 1.06 bits per heavy atom. The summed E-state index contributed by atoms with van der Waals surface area (Å²) >= 11 is 1.32. The standard InChI is InChI=1S/C25H25N3O4S/c1-16-5-7-20(17(2)13-16)31-10-4-11-32-21-8-6-18(15-22(21)30-3)14-19-23(26)28-9-12-33-25(28)27-24(19)29/h5-9,12-15,26H,4,10-11H2,1-3H3/b19-14-,26-23?. The summed E-state index contributed by atoms with van der Waals surface area (Å²) in [5.41, 5.74) is 3.28. The summed E-state index contributed by atoms with van der Waals surface area (Å²) in [5.74, 6) is 1.73. The molecule has 0 atom stereocenters. The first kappa shape index (κ1) is 22.7. The van der Waals surface area contributed by atoms with E-state index in [1.807, 2.05) is 25.1 Å². The van der Waals surface area contributed by atoms with Crippen molar-refractivity contribution in [3.63, 3.8) is 0 Å². The van der Waals surface area contributed by atoms with Crippen molar-refractivity contribution in [1.82, 2.24) is 4.90 Å². The highest BCUT2D eigenvalue weighted by molar-refractivity contribution is 8.16. The van der Waals surface area contributed by atoms with Gasteiger partial charge in [-0.2, -0.15) is 4.99 Å². The lowest BCUT2D eigenvalue weighted by atomic mass is 10.1. The normalized spacial score (nSPS) is 16.2. The summed E-state index contributed by atoms with van der Waals surface area (Å²) in [4.78, 5) is 18.0. The van der Waals surface area contributed by atoms with Crippen LogP contribution in [0.1, 0.15) is 23.1 Å². The molecule has 2 heterocycles. The van der Waals surface area contributed by atoms with Crippen molar-refractivity contribution < 1.29 is 19.0 Å². The zero-order valence-electron chi connectivity index (χ0n) is 18.8. The predicted octanol–water partition coefficient (Wildman–Crippen LogP) is 4.94. The zero-order chi connectivity index (χ0) is 23.4. The summed E-state index contributed by atoms with van der Waals surface area (Å²) < 4.78 is 17.2. The molecule has 1 N–H and O–H groups in total. The number of ether oxygens (including phenoxy) is 3. The number of carbonyl (C=O) groups excluding carboxylic acids is 1. The van der Waals surface area contributed by atoms with Crippen molar-refractivity contribution in [2.24, 2.45) is 4.99 Å². The third kappa shape index (κ3) is 5.12. The van der Waals surface area contributed by atoms with Crippen LogP contribution in [0.2, 0.25) is 0 Å². The number of methoxy groups -OCH3 is 1. The number of carbonyl (C=O) groups is 1. The van der Waals surface area contributed by atoms with Gasteiger partial charge < -0.3 is 14.2 Å². The molecule has 0 unspecified atom stereocenters. The van der Waals surface area contributed by atoms with Gasteiger partial charge >= 0.3 is 0 Å². The van der Waals surface area contributed by atoms with Crippen molar-refractivity contribution in [3.8, 4) is 17.2 Å². The first-order chi connectivity index (χ1) is 16.0. The Hall–Kier alpha value is -3.52. The van der Waals surface area contributed by atoms with Gasteiger partial charge in [0.1, 0.15) is 11.6 Å². The zero-order valence-corrected chi connectivity index (χ0v) is 19.6. The Bertz CT molecular complexity index is 1190. The largest absolute Gasteiger partial charge is 0.493 e. The number of amides is 1. The maximum absolute atomic E-state index is 12.4. The number of fused-ring (bicyclic) bond motifs is 1. The first-order valence-corrected chi connectivity index (χ1v) is 11.4. The van der Waals surface area contributed by atoms with E-state index in [-0.39, 0.29) is 11.4 Å². The number of aryl methyl sites for hydroxylation is 2. The van der Waals surface area contributed by atoms with Crippen LogP contribution in [0.15, 0.2) is 58.6 Å². The molecular weight excluding hydrogens is 438 g/mol. The topological polar surface area (TPSA) is 84.2 Å². The Kier molecular flexibility index (Phi) is 6.84. The van der Waals surface area contributed by atoms with Gasteiger partial charge in [0.2, 0.25) is 0 Å². The molecule has 0 fully saturated rings. The molecule has 2 aromatic rings. The number of amidine groups is 2. The van der Waals surface area contributed by atoms with Gasteiger partial charge in [-0.15, -0.1) is 0 Å². The molecule has 170 valence electrons. The van der Waals surface area contributed by atoms with Crippen LogP contribution in [0.3, 0.4) is 0 Å². The van der Waals surface area contributed by atoms with E-state index >= 15 is 0 Å². The molecule has 2 aromatic carbocycles. The molecule has 2 aliphatic rings. The Labute approximate surface area is 197 Å². The lowest BCUT2D eigenvalue weighted by Crippen LogP contribution is -2.35. The van der Waals surface area contributed by atoms with Crippen LogP contribution < -0.4 is 14.2 Å². The van der Waals surface area contributed by atoms with Gasteiger partial charge in [-0.05, 0) is 54.7 Å². The van der Waals surface area contributed by atoms with Crippen molar-refractivity contribution >= 4 is 34.7 Å². The van der Waals surface area contributed by atoms with Crippen molar-refractivity contribution in [3.05, 3.63) is 70.3 Å². The second-order valence-electron chi connectivity index (χ2n) is 7.61.